The summed E-state index contributed by atoms with van der Waals surface area (Å²) in [5.41, 5.74) is -2.46. The van der Waals surface area contributed by atoms with E-state index in [1.165, 1.54) is 0 Å². The van der Waals surface area contributed by atoms with Crippen molar-refractivity contribution in [2.24, 2.45) is 33.6 Å². The average Bonchev–Trinajstić information content (AvgIpc) is 3.41. The van der Waals surface area contributed by atoms with E-state index < -0.39 is 64.4 Å². The summed E-state index contributed by atoms with van der Waals surface area (Å²) in [5.74, 6) is -2.79. The van der Waals surface area contributed by atoms with E-state index >= 15 is 4.39 Å². The van der Waals surface area contributed by atoms with Gasteiger partial charge in [0.25, 0.3) is 0 Å². The molecule has 4 aliphatic carbocycles. The van der Waals surface area contributed by atoms with Crippen molar-refractivity contribution in [3.8, 4) is 0 Å². The van der Waals surface area contributed by atoms with Crippen molar-refractivity contribution in [2.75, 3.05) is 13.2 Å². The Hall–Kier alpha value is -2.35. The van der Waals surface area contributed by atoms with Crippen LogP contribution in [-0.2, 0) is 23.9 Å². The molecule has 7 nitrogen and oxygen atoms in total. The topological polar surface area (TPSA) is 102 Å². The van der Waals surface area contributed by atoms with Gasteiger partial charge in [-0.3, -0.25) is 19.4 Å². The molecule has 0 spiro atoms. The zero-order valence-corrected chi connectivity index (χ0v) is 23.1. The van der Waals surface area contributed by atoms with Crippen LogP contribution in [0.4, 0.5) is 4.39 Å². The number of halogens is 1. The van der Waals surface area contributed by atoms with Crippen LogP contribution in [0.25, 0.3) is 0 Å². The van der Waals surface area contributed by atoms with Gasteiger partial charge in [0, 0.05) is 35.5 Å². The molecule has 3 fully saturated rings. The van der Waals surface area contributed by atoms with E-state index in [4.69, 9.17) is 9.47 Å². The third kappa shape index (κ3) is 3.40. The van der Waals surface area contributed by atoms with Gasteiger partial charge < -0.3 is 14.6 Å². The van der Waals surface area contributed by atoms with Crippen molar-refractivity contribution in [3.63, 3.8) is 0 Å². The second-order valence-electron chi connectivity index (χ2n) is 12.4. The summed E-state index contributed by atoms with van der Waals surface area (Å²) in [6.45, 7) is 9.05. The number of hydrogen-bond donors (Lipinski definition) is 1. The maximum Gasteiger partial charge on any atom is 0.306 e. The number of aliphatic imine (C=N–C) groups is 1. The first-order valence-corrected chi connectivity index (χ1v) is 14.1. The molecule has 0 aromatic rings. The Kier molecular flexibility index (Phi) is 6.52. The van der Waals surface area contributed by atoms with Gasteiger partial charge in [0.2, 0.25) is 5.78 Å². The second kappa shape index (κ2) is 9.10. The van der Waals surface area contributed by atoms with Crippen LogP contribution in [0.3, 0.4) is 0 Å². The van der Waals surface area contributed by atoms with Crippen LogP contribution in [0.5, 0.6) is 0 Å². The number of carbonyl (C=O) groups is 3. The standard InChI is InChI=1S/C30H40FNO6/c1-6-25(35)37-16-24(34)30(38-26(36)7-2)17(3)12-21-20-9-8-19-13-22-18(10-11-32-22)14-27(19,4)29(20,31)23(33)15-28(21,30)5/h10,13,17,20-21,23,33H,6-9,11-12,14-16H2,1-5H3/t17-,20-,21-,23-,27-,28-,29-,30?/m0/s1. The number of carbonyl (C=O) groups excluding carboxylic acids is 3. The fourth-order valence-corrected chi connectivity index (χ4v) is 8.93. The zero-order valence-electron chi connectivity index (χ0n) is 23.1. The lowest BCUT2D eigenvalue weighted by Crippen LogP contribution is -2.70. The SMILES string of the molecule is CCC(=O)OCC(=O)C1(OC(=O)CC)[C@@H](C)C[C@H]2[C@@H]3CCC4=CC5=NCC=C5C[C@]4(C)[C@@]3(F)[C@@H](O)C[C@@]21C. The molecule has 3 saturated carbocycles. The Bertz CT molecular complexity index is 1160. The lowest BCUT2D eigenvalue weighted by Gasteiger charge is -2.63. The molecular formula is C30H40FNO6. The summed E-state index contributed by atoms with van der Waals surface area (Å²) in [7, 11) is 0. The second-order valence-corrected chi connectivity index (χ2v) is 12.4. The van der Waals surface area contributed by atoms with Crippen molar-refractivity contribution in [2.45, 2.75) is 96.9 Å². The molecule has 8 atom stereocenters. The normalized spacial score (nSPS) is 43.0. The van der Waals surface area contributed by atoms with E-state index in [0.29, 0.717) is 32.2 Å². The minimum Gasteiger partial charge on any atom is -0.457 e. The summed E-state index contributed by atoms with van der Waals surface area (Å²) in [6, 6.07) is 0. The van der Waals surface area contributed by atoms with Crippen LogP contribution in [0.2, 0.25) is 0 Å². The molecule has 1 unspecified atom stereocenters. The predicted octanol–water partition coefficient (Wildman–Crippen LogP) is 4.46. The lowest BCUT2D eigenvalue weighted by atomic mass is 9.43. The van der Waals surface area contributed by atoms with Crippen molar-refractivity contribution in [1.29, 1.82) is 0 Å². The number of esters is 2. The van der Waals surface area contributed by atoms with Crippen molar-refractivity contribution >= 4 is 23.4 Å². The number of rotatable bonds is 6. The minimum absolute atomic E-state index is 0.0255. The number of ketones is 1. The van der Waals surface area contributed by atoms with Crippen LogP contribution in [0.15, 0.2) is 28.3 Å². The largest absolute Gasteiger partial charge is 0.457 e. The Labute approximate surface area is 223 Å². The van der Waals surface area contributed by atoms with Crippen LogP contribution in [0.1, 0.15) is 79.6 Å². The first kappa shape index (κ1) is 27.2. The number of aliphatic hydroxyl groups excluding tert-OH is 1. The van der Waals surface area contributed by atoms with E-state index in [-0.39, 0.29) is 25.2 Å². The fourth-order valence-electron chi connectivity index (χ4n) is 8.93. The molecule has 5 aliphatic rings. The maximum absolute atomic E-state index is 17.8. The van der Waals surface area contributed by atoms with Gasteiger partial charge in [-0.15, -0.1) is 0 Å². The number of fused-ring (bicyclic) bond motifs is 6. The number of Topliss-reactive ketones (excluding diaryl/α,β-unsaturated/α-hetero) is 1. The van der Waals surface area contributed by atoms with E-state index in [0.717, 1.165) is 16.9 Å². The molecule has 0 bridgehead atoms. The summed E-state index contributed by atoms with van der Waals surface area (Å²) >= 11 is 0. The molecule has 0 amide bonds. The molecule has 0 aromatic carbocycles. The summed E-state index contributed by atoms with van der Waals surface area (Å²) < 4.78 is 29.1. The number of aliphatic hydroxyl groups is 1. The molecule has 1 heterocycles. The predicted molar refractivity (Wildman–Crippen MR) is 139 cm³/mol. The molecule has 0 saturated heterocycles. The van der Waals surface area contributed by atoms with Crippen LogP contribution < -0.4 is 0 Å². The minimum atomic E-state index is -1.90. The van der Waals surface area contributed by atoms with Crippen LogP contribution in [0, 0.1) is 28.6 Å². The lowest BCUT2D eigenvalue weighted by molar-refractivity contribution is -0.234. The molecule has 1 aliphatic heterocycles. The Morgan fingerprint density at radius 2 is 1.87 bits per heavy atom. The van der Waals surface area contributed by atoms with Crippen molar-refractivity contribution in [3.05, 3.63) is 23.3 Å². The van der Waals surface area contributed by atoms with E-state index in [1.54, 1.807) is 13.8 Å². The highest BCUT2D eigenvalue weighted by molar-refractivity contribution is 6.11. The monoisotopic (exact) mass is 529 g/mol. The third-order valence-corrected chi connectivity index (χ3v) is 10.8. The third-order valence-electron chi connectivity index (χ3n) is 10.8. The van der Waals surface area contributed by atoms with E-state index in [2.05, 4.69) is 4.99 Å². The highest BCUT2D eigenvalue weighted by Gasteiger charge is 2.77. The fraction of sp³-hybridized carbons (Fsp3) is 0.733. The van der Waals surface area contributed by atoms with Crippen molar-refractivity contribution < 1.29 is 33.4 Å². The quantitative estimate of drug-likeness (QED) is 0.510. The average molecular weight is 530 g/mol. The molecule has 8 heteroatoms. The van der Waals surface area contributed by atoms with Gasteiger partial charge >= 0.3 is 11.9 Å². The van der Waals surface area contributed by atoms with E-state index in [9.17, 15) is 19.5 Å². The number of hydrogen-bond acceptors (Lipinski definition) is 7. The highest BCUT2D eigenvalue weighted by atomic mass is 19.1. The van der Waals surface area contributed by atoms with Gasteiger partial charge in [-0.25, -0.2) is 4.39 Å². The highest BCUT2D eigenvalue weighted by Crippen LogP contribution is 2.72. The smallest absolute Gasteiger partial charge is 0.306 e. The van der Waals surface area contributed by atoms with Gasteiger partial charge in [-0.2, -0.15) is 0 Å². The summed E-state index contributed by atoms with van der Waals surface area (Å²) in [6.07, 6.45) is 5.06. The van der Waals surface area contributed by atoms with Gasteiger partial charge in [-0.1, -0.05) is 46.3 Å². The van der Waals surface area contributed by atoms with Crippen molar-refractivity contribution in [1.82, 2.24) is 0 Å². The first-order chi connectivity index (χ1) is 17.9. The Morgan fingerprint density at radius 3 is 2.55 bits per heavy atom. The van der Waals surface area contributed by atoms with Gasteiger partial charge in [0.15, 0.2) is 12.2 Å². The van der Waals surface area contributed by atoms with E-state index in [1.807, 2.05) is 32.9 Å². The van der Waals surface area contributed by atoms with Gasteiger partial charge in [0.1, 0.15) is 5.67 Å². The first-order valence-electron chi connectivity index (χ1n) is 14.1. The molecule has 208 valence electrons. The number of ether oxygens (including phenoxy) is 2. The Balaban J connectivity index is 1.58. The molecule has 38 heavy (non-hydrogen) atoms. The maximum atomic E-state index is 17.8. The number of allylic oxidation sites excluding steroid dienone is 3. The Morgan fingerprint density at radius 1 is 1.16 bits per heavy atom. The zero-order chi connectivity index (χ0) is 27.7. The molecular weight excluding hydrogens is 489 g/mol. The molecule has 5 rings (SSSR count). The summed E-state index contributed by atoms with van der Waals surface area (Å²) in [4.78, 5) is 43.1. The van der Waals surface area contributed by atoms with Crippen LogP contribution >= 0.6 is 0 Å². The van der Waals surface area contributed by atoms with Crippen LogP contribution in [-0.4, -0.2) is 59.1 Å². The molecule has 0 radical (unpaired) electrons. The number of nitrogens with zero attached hydrogens (tertiary/aromatic N) is 1. The molecule has 1 N–H and O–H groups in total. The van der Waals surface area contributed by atoms with Gasteiger partial charge in [0.05, 0.1) is 18.4 Å². The summed E-state index contributed by atoms with van der Waals surface area (Å²) in [5, 5.41) is 11.8. The number of alkyl halides is 1. The molecule has 0 aromatic heterocycles. The van der Waals surface area contributed by atoms with Gasteiger partial charge in [-0.05, 0) is 49.7 Å².